The highest BCUT2D eigenvalue weighted by Gasteiger charge is 2.35. The first-order valence-electron chi connectivity index (χ1n) is 8.14. The molecule has 0 aliphatic carbocycles. The van der Waals surface area contributed by atoms with Gasteiger partial charge in [-0.3, -0.25) is 9.69 Å². The van der Waals surface area contributed by atoms with Gasteiger partial charge in [0.05, 0.1) is 24.6 Å². The molecule has 3 rings (SSSR count). The van der Waals surface area contributed by atoms with Gasteiger partial charge in [-0.15, -0.1) is 0 Å². The Kier molecular flexibility index (Phi) is 5.67. The van der Waals surface area contributed by atoms with E-state index < -0.39 is 11.7 Å². The molecule has 8 nitrogen and oxygen atoms in total. The van der Waals surface area contributed by atoms with Crippen molar-refractivity contribution in [2.24, 2.45) is 5.73 Å². The average Bonchev–Trinajstić information content (AvgIpc) is 2.91. The minimum atomic E-state index is -0.817. The Morgan fingerprint density at radius 1 is 1.36 bits per heavy atom. The van der Waals surface area contributed by atoms with Crippen molar-refractivity contribution in [1.82, 2.24) is 4.90 Å². The second-order valence-corrected chi connectivity index (χ2v) is 6.92. The number of morpholine rings is 1. The maximum Gasteiger partial charge on any atom is 0.407 e. The molecule has 0 aromatic heterocycles. The van der Waals surface area contributed by atoms with Gasteiger partial charge in [0.1, 0.15) is 0 Å². The monoisotopic (exact) mass is 366 g/mol. The van der Waals surface area contributed by atoms with Crippen LogP contribution in [0.1, 0.15) is 6.92 Å². The fraction of sp³-hybridized carbons (Fsp3) is 0.500. The molecule has 1 fully saturated rings. The van der Waals surface area contributed by atoms with E-state index in [0.29, 0.717) is 12.2 Å². The molecule has 1 saturated heterocycles. The Morgan fingerprint density at radius 3 is 2.80 bits per heavy atom. The van der Waals surface area contributed by atoms with E-state index in [4.69, 9.17) is 15.2 Å². The van der Waals surface area contributed by atoms with Crippen LogP contribution in [0.2, 0.25) is 0 Å². The molecule has 9 heteroatoms. The summed E-state index contributed by atoms with van der Waals surface area (Å²) in [4.78, 5) is 28.0. The summed E-state index contributed by atoms with van der Waals surface area (Å²) in [5.41, 5.74) is 6.26. The van der Waals surface area contributed by atoms with Crippen molar-refractivity contribution in [3.05, 3.63) is 18.2 Å². The minimum Gasteiger partial charge on any atom is -0.415 e. The molecule has 0 radical (unpaired) electrons. The van der Waals surface area contributed by atoms with E-state index in [1.807, 2.05) is 23.1 Å². The lowest BCUT2D eigenvalue weighted by Crippen LogP contribution is -2.44. The Hall–Kier alpha value is -1.97. The third kappa shape index (κ3) is 4.36. The summed E-state index contributed by atoms with van der Waals surface area (Å²) in [6.45, 7) is 6.13. The SMILES string of the molecule is CC(=O)Nc1cccc2c1N(CCN1CCOCC1)C(OC(N)=O)S2. The molecular weight excluding hydrogens is 344 g/mol. The first kappa shape index (κ1) is 17.8. The van der Waals surface area contributed by atoms with E-state index in [1.54, 1.807) is 0 Å². The van der Waals surface area contributed by atoms with Crippen molar-refractivity contribution in [1.29, 1.82) is 0 Å². The summed E-state index contributed by atoms with van der Waals surface area (Å²) in [7, 11) is 0. The van der Waals surface area contributed by atoms with E-state index in [0.717, 1.165) is 43.4 Å². The van der Waals surface area contributed by atoms with Crippen LogP contribution in [-0.2, 0) is 14.3 Å². The lowest BCUT2D eigenvalue weighted by Gasteiger charge is -2.31. The van der Waals surface area contributed by atoms with Gasteiger partial charge in [0.15, 0.2) is 0 Å². The van der Waals surface area contributed by atoms with Crippen molar-refractivity contribution in [2.45, 2.75) is 17.4 Å². The number of fused-ring (bicyclic) bond motifs is 1. The van der Waals surface area contributed by atoms with E-state index in [1.165, 1.54) is 18.7 Å². The standard InChI is InChI=1S/C16H22N4O4S/c1-11(21)18-12-3-2-4-13-14(12)20(16(25-13)24-15(17)22)6-5-19-7-9-23-10-8-19/h2-4,16H,5-10H2,1H3,(H2,17,22)(H,18,21). The summed E-state index contributed by atoms with van der Waals surface area (Å²) in [6, 6.07) is 5.65. The zero-order valence-corrected chi connectivity index (χ0v) is 14.9. The van der Waals surface area contributed by atoms with Gasteiger partial charge in [0.25, 0.3) is 0 Å². The van der Waals surface area contributed by atoms with Crippen molar-refractivity contribution in [3.8, 4) is 0 Å². The van der Waals surface area contributed by atoms with Crippen LogP contribution in [0.3, 0.4) is 0 Å². The first-order chi connectivity index (χ1) is 12.0. The van der Waals surface area contributed by atoms with Gasteiger partial charge < -0.3 is 25.4 Å². The third-order valence-electron chi connectivity index (χ3n) is 4.06. The van der Waals surface area contributed by atoms with E-state index in [-0.39, 0.29) is 5.91 Å². The first-order valence-corrected chi connectivity index (χ1v) is 9.02. The smallest absolute Gasteiger partial charge is 0.407 e. The predicted molar refractivity (Wildman–Crippen MR) is 95.7 cm³/mol. The summed E-state index contributed by atoms with van der Waals surface area (Å²) < 4.78 is 10.6. The average molecular weight is 366 g/mol. The number of ether oxygens (including phenoxy) is 2. The van der Waals surface area contributed by atoms with Crippen LogP contribution < -0.4 is 16.0 Å². The number of hydrogen-bond acceptors (Lipinski definition) is 7. The van der Waals surface area contributed by atoms with Gasteiger partial charge in [-0.25, -0.2) is 4.79 Å². The summed E-state index contributed by atoms with van der Waals surface area (Å²) in [5, 5.41) is 2.85. The quantitative estimate of drug-likeness (QED) is 0.810. The molecule has 0 saturated carbocycles. The van der Waals surface area contributed by atoms with Crippen LogP contribution >= 0.6 is 11.8 Å². The van der Waals surface area contributed by atoms with Crippen molar-refractivity contribution >= 4 is 35.1 Å². The fourth-order valence-electron chi connectivity index (χ4n) is 2.96. The highest BCUT2D eigenvalue weighted by molar-refractivity contribution is 8.00. The second kappa shape index (κ2) is 7.94. The minimum absolute atomic E-state index is 0.147. The van der Waals surface area contributed by atoms with Crippen LogP contribution in [0, 0.1) is 0 Å². The highest BCUT2D eigenvalue weighted by atomic mass is 32.2. The largest absolute Gasteiger partial charge is 0.415 e. The van der Waals surface area contributed by atoms with E-state index in [2.05, 4.69) is 10.2 Å². The number of nitrogens with zero attached hydrogens (tertiary/aromatic N) is 2. The number of hydrogen-bond donors (Lipinski definition) is 2. The Morgan fingerprint density at radius 2 is 2.12 bits per heavy atom. The topological polar surface area (TPSA) is 97.1 Å². The Labute approximate surface area is 150 Å². The number of nitrogens with two attached hydrogens (primary N) is 1. The number of thioether (sulfide) groups is 1. The number of carbonyl (C=O) groups excluding carboxylic acids is 2. The highest BCUT2D eigenvalue weighted by Crippen LogP contribution is 2.47. The number of primary amides is 1. The van der Waals surface area contributed by atoms with Crippen molar-refractivity contribution in [2.75, 3.05) is 49.6 Å². The molecule has 1 unspecified atom stereocenters. The number of carbonyl (C=O) groups is 2. The molecule has 0 bridgehead atoms. The van der Waals surface area contributed by atoms with Gasteiger partial charge in [-0.05, 0) is 12.1 Å². The molecule has 3 N–H and O–H groups in total. The number of para-hydroxylation sites is 1. The molecule has 1 aromatic carbocycles. The normalized spacial score (nSPS) is 20.2. The van der Waals surface area contributed by atoms with Crippen LogP contribution in [0.4, 0.5) is 16.2 Å². The zero-order chi connectivity index (χ0) is 17.8. The van der Waals surface area contributed by atoms with Crippen LogP contribution in [-0.4, -0.2) is 61.9 Å². The number of rotatable bonds is 5. The fourth-order valence-corrected chi connectivity index (χ4v) is 4.15. The summed E-state index contributed by atoms with van der Waals surface area (Å²) in [5.74, 6) is -0.147. The van der Waals surface area contributed by atoms with Crippen LogP contribution in [0.5, 0.6) is 0 Å². The second-order valence-electron chi connectivity index (χ2n) is 5.84. The third-order valence-corrected chi connectivity index (χ3v) is 5.19. The van der Waals surface area contributed by atoms with Crippen LogP contribution in [0.15, 0.2) is 23.1 Å². The van der Waals surface area contributed by atoms with E-state index in [9.17, 15) is 9.59 Å². The van der Waals surface area contributed by atoms with Gasteiger partial charge in [-0.1, -0.05) is 17.8 Å². The lowest BCUT2D eigenvalue weighted by molar-refractivity contribution is -0.114. The summed E-state index contributed by atoms with van der Waals surface area (Å²) >= 11 is 1.41. The predicted octanol–water partition coefficient (Wildman–Crippen LogP) is 1.27. The maximum absolute atomic E-state index is 11.5. The van der Waals surface area contributed by atoms with Gasteiger partial charge >= 0.3 is 6.09 Å². The molecule has 2 aliphatic rings. The molecule has 136 valence electrons. The summed E-state index contributed by atoms with van der Waals surface area (Å²) in [6.07, 6.45) is -0.817. The Bertz CT molecular complexity index is 651. The van der Waals surface area contributed by atoms with E-state index >= 15 is 0 Å². The molecule has 1 aromatic rings. The van der Waals surface area contributed by atoms with Gasteiger partial charge in [0, 0.05) is 38.0 Å². The zero-order valence-electron chi connectivity index (χ0n) is 14.1. The maximum atomic E-state index is 11.5. The molecular formula is C16H22N4O4S. The molecule has 2 heterocycles. The Balaban J connectivity index is 1.81. The number of anilines is 2. The molecule has 1 atom stereocenters. The van der Waals surface area contributed by atoms with Gasteiger partial charge in [-0.2, -0.15) is 0 Å². The van der Waals surface area contributed by atoms with Gasteiger partial charge in [0.2, 0.25) is 11.5 Å². The number of amides is 2. The lowest BCUT2D eigenvalue weighted by atomic mass is 10.2. The van der Waals surface area contributed by atoms with Crippen molar-refractivity contribution < 1.29 is 19.1 Å². The number of nitrogens with one attached hydrogen (secondary N) is 1. The molecule has 2 amide bonds. The molecule has 2 aliphatic heterocycles. The van der Waals surface area contributed by atoms with Crippen LogP contribution in [0.25, 0.3) is 0 Å². The van der Waals surface area contributed by atoms with Crippen molar-refractivity contribution in [3.63, 3.8) is 0 Å². The molecule has 0 spiro atoms. The number of benzene rings is 1. The molecule has 25 heavy (non-hydrogen) atoms.